The lowest BCUT2D eigenvalue weighted by Crippen LogP contribution is -1.93. The van der Waals surface area contributed by atoms with Crippen LogP contribution in [0.4, 0.5) is 0 Å². The van der Waals surface area contributed by atoms with Crippen molar-refractivity contribution < 1.29 is 9.53 Å². The minimum absolute atomic E-state index is 0.266. The van der Waals surface area contributed by atoms with Crippen molar-refractivity contribution in [3.63, 3.8) is 0 Å². The van der Waals surface area contributed by atoms with E-state index >= 15 is 0 Å². The first-order valence-corrected chi connectivity index (χ1v) is 6.68. The Bertz CT molecular complexity index is 612. The SMILES string of the molecule is CCOc1ccc(-c2cccc3c2CCC3=O)cc1. The number of hydrogen-bond acceptors (Lipinski definition) is 2. The van der Waals surface area contributed by atoms with Crippen LogP contribution < -0.4 is 4.74 Å². The quantitative estimate of drug-likeness (QED) is 0.828. The summed E-state index contributed by atoms with van der Waals surface area (Å²) in [7, 11) is 0. The lowest BCUT2D eigenvalue weighted by Gasteiger charge is -2.09. The summed E-state index contributed by atoms with van der Waals surface area (Å²) in [6, 6.07) is 14.1. The van der Waals surface area contributed by atoms with Crippen LogP contribution in [0, 0.1) is 0 Å². The molecular formula is C17H16O2. The van der Waals surface area contributed by atoms with Crippen LogP contribution in [-0.2, 0) is 6.42 Å². The molecule has 0 saturated heterocycles. The Balaban J connectivity index is 2.01. The predicted molar refractivity (Wildman–Crippen MR) is 75.7 cm³/mol. The molecule has 0 heterocycles. The van der Waals surface area contributed by atoms with Gasteiger partial charge in [0.2, 0.25) is 0 Å². The lowest BCUT2D eigenvalue weighted by molar-refractivity contribution is 0.0994. The summed E-state index contributed by atoms with van der Waals surface area (Å²) in [6.45, 7) is 2.65. The number of hydrogen-bond donors (Lipinski definition) is 0. The molecule has 19 heavy (non-hydrogen) atoms. The molecule has 0 amide bonds. The highest BCUT2D eigenvalue weighted by molar-refractivity contribution is 6.02. The zero-order valence-electron chi connectivity index (χ0n) is 11.0. The number of benzene rings is 2. The number of ketones is 1. The maximum Gasteiger partial charge on any atom is 0.163 e. The maximum atomic E-state index is 11.8. The number of fused-ring (bicyclic) bond motifs is 1. The molecule has 0 atom stereocenters. The van der Waals surface area contributed by atoms with E-state index in [0.717, 1.165) is 23.3 Å². The molecule has 2 aromatic rings. The van der Waals surface area contributed by atoms with Crippen LogP contribution >= 0.6 is 0 Å². The highest BCUT2D eigenvalue weighted by atomic mass is 16.5. The third kappa shape index (κ3) is 2.14. The van der Waals surface area contributed by atoms with E-state index in [2.05, 4.69) is 18.2 Å². The van der Waals surface area contributed by atoms with Gasteiger partial charge in [0.25, 0.3) is 0 Å². The van der Waals surface area contributed by atoms with Gasteiger partial charge in [-0.25, -0.2) is 0 Å². The molecule has 0 N–H and O–H groups in total. The average Bonchev–Trinajstić information content (AvgIpc) is 2.82. The van der Waals surface area contributed by atoms with Gasteiger partial charge >= 0.3 is 0 Å². The van der Waals surface area contributed by atoms with E-state index in [1.54, 1.807) is 0 Å². The second-order valence-corrected chi connectivity index (χ2v) is 4.71. The first kappa shape index (κ1) is 12.0. The maximum absolute atomic E-state index is 11.8. The zero-order chi connectivity index (χ0) is 13.2. The van der Waals surface area contributed by atoms with Crippen LogP contribution in [0.3, 0.4) is 0 Å². The summed E-state index contributed by atoms with van der Waals surface area (Å²) in [6.07, 6.45) is 1.50. The Morgan fingerprint density at radius 2 is 1.74 bits per heavy atom. The molecule has 96 valence electrons. The van der Waals surface area contributed by atoms with Gasteiger partial charge in [0.15, 0.2) is 5.78 Å². The van der Waals surface area contributed by atoms with Gasteiger partial charge in [-0.3, -0.25) is 4.79 Å². The van der Waals surface area contributed by atoms with E-state index in [1.165, 1.54) is 11.1 Å². The molecule has 2 heteroatoms. The molecule has 0 radical (unpaired) electrons. The largest absolute Gasteiger partial charge is 0.494 e. The Morgan fingerprint density at radius 1 is 1.00 bits per heavy atom. The fourth-order valence-electron chi connectivity index (χ4n) is 2.66. The van der Waals surface area contributed by atoms with Crippen LogP contribution in [0.25, 0.3) is 11.1 Å². The van der Waals surface area contributed by atoms with Gasteiger partial charge in [0.05, 0.1) is 6.61 Å². The van der Waals surface area contributed by atoms with Crippen LogP contribution in [0.15, 0.2) is 42.5 Å². The van der Waals surface area contributed by atoms with E-state index in [-0.39, 0.29) is 5.78 Å². The summed E-state index contributed by atoms with van der Waals surface area (Å²) in [5.74, 6) is 1.15. The normalized spacial score (nSPS) is 13.4. The fraction of sp³-hybridized carbons (Fsp3) is 0.235. The number of rotatable bonds is 3. The Hall–Kier alpha value is -2.09. The van der Waals surface area contributed by atoms with Crippen LogP contribution in [0.2, 0.25) is 0 Å². The van der Waals surface area contributed by atoms with Gasteiger partial charge in [0.1, 0.15) is 5.75 Å². The topological polar surface area (TPSA) is 26.3 Å². The van der Waals surface area contributed by atoms with Gasteiger partial charge in [-0.05, 0) is 42.2 Å². The molecule has 1 aliphatic rings. The molecule has 0 fully saturated rings. The smallest absolute Gasteiger partial charge is 0.163 e. The van der Waals surface area contributed by atoms with Crippen LogP contribution in [0.1, 0.15) is 29.3 Å². The monoisotopic (exact) mass is 252 g/mol. The van der Waals surface area contributed by atoms with Crippen molar-refractivity contribution in [3.8, 4) is 16.9 Å². The number of ether oxygens (including phenoxy) is 1. The summed E-state index contributed by atoms with van der Waals surface area (Å²) in [5.41, 5.74) is 4.41. The van der Waals surface area contributed by atoms with E-state index in [1.807, 2.05) is 31.2 Å². The van der Waals surface area contributed by atoms with E-state index < -0.39 is 0 Å². The molecule has 0 saturated carbocycles. The van der Waals surface area contributed by atoms with Crippen molar-refractivity contribution in [1.29, 1.82) is 0 Å². The van der Waals surface area contributed by atoms with E-state index in [9.17, 15) is 4.79 Å². The first-order valence-electron chi connectivity index (χ1n) is 6.68. The molecule has 0 aromatic heterocycles. The van der Waals surface area contributed by atoms with Gasteiger partial charge in [-0.15, -0.1) is 0 Å². The van der Waals surface area contributed by atoms with Gasteiger partial charge < -0.3 is 4.74 Å². The minimum atomic E-state index is 0.266. The molecule has 0 unspecified atom stereocenters. The number of carbonyl (C=O) groups excluding carboxylic acids is 1. The summed E-state index contributed by atoms with van der Waals surface area (Å²) < 4.78 is 5.45. The molecule has 2 aromatic carbocycles. The highest BCUT2D eigenvalue weighted by Crippen LogP contribution is 2.33. The predicted octanol–water partition coefficient (Wildman–Crippen LogP) is 3.88. The lowest BCUT2D eigenvalue weighted by atomic mass is 9.97. The second-order valence-electron chi connectivity index (χ2n) is 4.71. The van der Waals surface area contributed by atoms with Crippen molar-refractivity contribution in [2.75, 3.05) is 6.61 Å². The molecule has 2 nitrogen and oxygen atoms in total. The molecule has 3 rings (SSSR count). The van der Waals surface area contributed by atoms with Crippen molar-refractivity contribution in [2.24, 2.45) is 0 Å². The Morgan fingerprint density at radius 3 is 2.47 bits per heavy atom. The number of Topliss-reactive ketones (excluding diaryl/α,β-unsaturated/α-hetero) is 1. The van der Waals surface area contributed by atoms with E-state index in [4.69, 9.17) is 4.74 Å². The highest BCUT2D eigenvalue weighted by Gasteiger charge is 2.22. The number of carbonyl (C=O) groups is 1. The molecule has 1 aliphatic carbocycles. The fourth-order valence-corrected chi connectivity index (χ4v) is 2.66. The minimum Gasteiger partial charge on any atom is -0.494 e. The average molecular weight is 252 g/mol. The summed E-state index contributed by atoms with van der Waals surface area (Å²) in [4.78, 5) is 11.8. The molecule has 0 bridgehead atoms. The van der Waals surface area contributed by atoms with Crippen molar-refractivity contribution in [2.45, 2.75) is 19.8 Å². The third-order valence-corrected chi connectivity index (χ3v) is 3.55. The summed E-state index contributed by atoms with van der Waals surface area (Å²) in [5, 5.41) is 0. The van der Waals surface area contributed by atoms with Crippen LogP contribution in [0.5, 0.6) is 5.75 Å². The van der Waals surface area contributed by atoms with Gasteiger partial charge in [-0.1, -0.05) is 30.3 Å². The molecule has 0 aliphatic heterocycles. The van der Waals surface area contributed by atoms with Crippen molar-refractivity contribution in [1.82, 2.24) is 0 Å². The Labute approximate surface area is 113 Å². The Kier molecular flexibility index (Phi) is 3.08. The molecule has 0 spiro atoms. The van der Waals surface area contributed by atoms with Crippen molar-refractivity contribution in [3.05, 3.63) is 53.6 Å². The zero-order valence-corrected chi connectivity index (χ0v) is 11.0. The van der Waals surface area contributed by atoms with Gasteiger partial charge in [0, 0.05) is 12.0 Å². The first-order chi connectivity index (χ1) is 9.29. The van der Waals surface area contributed by atoms with E-state index in [0.29, 0.717) is 13.0 Å². The molecular weight excluding hydrogens is 236 g/mol. The standard InChI is InChI=1S/C17H16O2/c1-2-19-13-8-6-12(7-9-13)14-4-3-5-16-15(14)10-11-17(16)18/h3-9H,2,10-11H2,1H3. The van der Waals surface area contributed by atoms with Crippen molar-refractivity contribution >= 4 is 5.78 Å². The van der Waals surface area contributed by atoms with Gasteiger partial charge in [-0.2, -0.15) is 0 Å². The summed E-state index contributed by atoms with van der Waals surface area (Å²) >= 11 is 0. The van der Waals surface area contributed by atoms with Crippen LogP contribution in [-0.4, -0.2) is 12.4 Å². The third-order valence-electron chi connectivity index (χ3n) is 3.55. The second kappa shape index (κ2) is 4.88.